The molecular formula is C21H35N3O2. The third-order valence-electron chi connectivity index (χ3n) is 5.05. The average Bonchev–Trinajstić information content (AvgIpc) is 2.70. The van der Waals surface area contributed by atoms with Crippen LogP contribution in [-0.4, -0.2) is 64.0 Å². The third kappa shape index (κ3) is 6.29. The predicted molar refractivity (Wildman–Crippen MR) is 108 cm³/mol. The molecule has 1 N–H and O–H groups in total. The van der Waals surface area contributed by atoms with E-state index in [4.69, 9.17) is 14.5 Å². The van der Waals surface area contributed by atoms with Crippen molar-refractivity contribution < 1.29 is 9.47 Å². The van der Waals surface area contributed by atoms with Crippen molar-refractivity contribution in [3.8, 4) is 0 Å². The summed E-state index contributed by atoms with van der Waals surface area (Å²) in [5.41, 5.74) is 1.48. The Kier molecular flexibility index (Phi) is 9.50. The second-order valence-electron chi connectivity index (χ2n) is 6.76. The normalized spacial score (nSPS) is 21.0. The van der Waals surface area contributed by atoms with Gasteiger partial charge in [0.05, 0.1) is 26.4 Å². The number of nitrogens with one attached hydrogen (secondary N) is 1. The summed E-state index contributed by atoms with van der Waals surface area (Å²) in [4.78, 5) is 7.19. The summed E-state index contributed by atoms with van der Waals surface area (Å²) in [7, 11) is 1.69. The van der Waals surface area contributed by atoms with E-state index in [1.54, 1.807) is 7.11 Å². The molecule has 26 heavy (non-hydrogen) atoms. The van der Waals surface area contributed by atoms with Crippen molar-refractivity contribution in [2.75, 3.05) is 53.1 Å². The number of rotatable bonds is 9. The summed E-state index contributed by atoms with van der Waals surface area (Å²) in [5.74, 6) is 2.33. The van der Waals surface area contributed by atoms with Crippen LogP contribution in [0.4, 0.5) is 0 Å². The Labute approximate surface area is 158 Å². The van der Waals surface area contributed by atoms with E-state index in [1.807, 2.05) is 0 Å². The molecule has 2 atom stereocenters. The monoisotopic (exact) mass is 361 g/mol. The lowest BCUT2D eigenvalue weighted by atomic mass is 9.79. The van der Waals surface area contributed by atoms with Crippen molar-refractivity contribution in [2.24, 2.45) is 10.9 Å². The van der Waals surface area contributed by atoms with Gasteiger partial charge < -0.3 is 19.7 Å². The van der Waals surface area contributed by atoms with Crippen LogP contribution in [0.1, 0.15) is 38.2 Å². The van der Waals surface area contributed by atoms with Crippen molar-refractivity contribution in [1.82, 2.24) is 10.2 Å². The number of nitrogens with zero attached hydrogens (tertiary/aromatic N) is 2. The maximum Gasteiger partial charge on any atom is 0.194 e. The van der Waals surface area contributed by atoms with Gasteiger partial charge in [-0.05, 0) is 30.7 Å². The van der Waals surface area contributed by atoms with Gasteiger partial charge >= 0.3 is 0 Å². The van der Waals surface area contributed by atoms with Gasteiger partial charge in [-0.1, -0.05) is 43.7 Å². The molecule has 5 heteroatoms. The lowest BCUT2D eigenvalue weighted by Crippen LogP contribution is -2.48. The van der Waals surface area contributed by atoms with Gasteiger partial charge in [0.1, 0.15) is 0 Å². The number of methoxy groups -OCH3 is 1. The molecule has 0 spiro atoms. The summed E-state index contributed by atoms with van der Waals surface area (Å²) in [6.45, 7) is 10.0. The molecule has 0 aromatic heterocycles. The largest absolute Gasteiger partial charge is 0.382 e. The van der Waals surface area contributed by atoms with Gasteiger partial charge in [0.25, 0.3) is 0 Å². The number of hydrogen-bond acceptors (Lipinski definition) is 3. The highest BCUT2D eigenvalue weighted by molar-refractivity contribution is 5.80. The van der Waals surface area contributed by atoms with Crippen LogP contribution in [0.2, 0.25) is 0 Å². The zero-order valence-electron chi connectivity index (χ0n) is 16.6. The van der Waals surface area contributed by atoms with E-state index in [-0.39, 0.29) is 0 Å². The number of aliphatic imine (C=N–C) groups is 1. The van der Waals surface area contributed by atoms with Gasteiger partial charge in [-0.25, -0.2) is 0 Å². The Hall–Kier alpha value is -1.59. The molecule has 5 nitrogen and oxygen atoms in total. The SMILES string of the molecule is CCNC(=NCCOCCOC)N1CCC(c2ccccc2)C(CC)C1. The predicted octanol–water partition coefficient (Wildman–Crippen LogP) is 3.13. The first kappa shape index (κ1) is 20.7. The average molecular weight is 362 g/mol. The summed E-state index contributed by atoms with van der Waals surface area (Å²) in [5, 5.41) is 3.45. The van der Waals surface area contributed by atoms with Gasteiger partial charge in [0.2, 0.25) is 0 Å². The fourth-order valence-electron chi connectivity index (χ4n) is 3.66. The molecule has 1 aromatic rings. The second-order valence-corrected chi connectivity index (χ2v) is 6.76. The molecule has 0 saturated carbocycles. The molecule has 0 radical (unpaired) electrons. The van der Waals surface area contributed by atoms with Crippen molar-refractivity contribution in [1.29, 1.82) is 0 Å². The second kappa shape index (κ2) is 11.9. The van der Waals surface area contributed by atoms with E-state index in [0.29, 0.717) is 38.2 Å². The molecule has 146 valence electrons. The maximum atomic E-state index is 5.53. The number of benzene rings is 1. The van der Waals surface area contributed by atoms with Crippen LogP contribution in [0.25, 0.3) is 0 Å². The smallest absolute Gasteiger partial charge is 0.194 e. The molecule has 1 aliphatic rings. The first-order valence-electron chi connectivity index (χ1n) is 9.95. The Balaban J connectivity index is 1.93. The van der Waals surface area contributed by atoms with Gasteiger partial charge in [0, 0.05) is 26.7 Å². The topological polar surface area (TPSA) is 46.1 Å². The van der Waals surface area contributed by atoms with Crippen LogP contribution >= 0.6 is 0 Å². The molecule has 0 aliphatic carbocycles. The van der Waals surface area contributed by atoms with Gasteiger partial charge in [0.15, 0.2) is 5.96 Å². The first-order valence-corrected chi connectivity index (χ1v) is 9.95. The molecular weight excluding hydrogens is 326 g/mol. The standard InChI is InChI=1S/C21H35N3O2/c1-4-18-17-24(13-11-20(18)19-9-7-6-8-10-19)21(22-5-2)23-12-14-26-16-15-25-3/h6-10,18,20H,4-5,11-17H2,1-3H3,(H,22,23). The minimum atomic E-state index is 0.628. The zero-order chi connectivity index (χ0) is 18.6. The summed E-state index contributed by atoms with van der Waals surface area (Å²) < 4.78 is 10.5. The van der Waals surface area contributed by atoms with E-state index in [9.17, 15) is 0 Å². The van der Waals surface area contributed by atoms with Crippen molar-refractivity contribution in [3.05, 3.63) is 35.9 Å². The van der Waals surface area contributed by atoms with Crippen LogP contribution in [0.3, 0.4) is 0 Å². The fourth-order valence-corrected chi connectivity index (χ4v) is 3.66. The number of likely N-dealkylation sites (tertiary alicyclic amines) is 1. The maximum absolute atomic E-state index is 5.53. The molecule has 1 fully saturated rings. The third-order valence-corrected chi connectivity index (χ3v) is 5.05. The summed E-state index contributed by atoms with van der Waals surface area (Å²) in [6.07, 6.45) is 2.37. The highest BCUT2D eigenvalue weighted by Gasteiger charge is 2.30. The molecule has 1 aromatic carbocycles. The van der Waals surface area contributed by atoms with Crippen LogP contribution in [-0.2, 0) is 9.47 Å². The minimum Gasteiger partial charge on any atom is -0.382 e. The fraction of sp³-hybridized carbons (Fsp3) is 0.667. The molecule has 0 amide bonds. The van der Waals surface area contributed by atoms with Crippen molar-refractivity contribution >= 4 is 5.96 Å². The molecule has 1 aliphatic heterocycles. The van der Waals surface area contributed by atoms with Crippen LogP contribution in [0.5, 0.6) is 0 Å². The molecule has 1 saturated heterocycles. The lowest BCUT2D eigenvalue weighted by Gasteiger charge is -2.40. The molecule has 2 rings (SSSR count). The number of ether oxygens (including phenoxy) is 2. The zero-order valence-corrected chi connectivity index (χ0v) is 16.6. The van der Waals surface area contributed by atoms with E-state index in [2.05, 4.69) is 54.4 Å². The van der Waals surface area contributed by atoms with Crippen LogP contribution in [0, 0.1) is 5.92 Å². The van der Waals surface area contributed by atoms with E-state index in [1.165, 1.54) is 18.4 Å². The molecule has 0 bridgehead atoms. The first-order chi connectivity index (χ1) is 12.8. The Morgan fingerprint density at radius 2 is 2.00 bits per heavy atom. The molecule has 2 unspecified atom stereocenters. The Morgan fingerprint density at radius 3 is 2.69 bits per heavy atom. The van der Waals surface area contributed by atoms with Crippen molar-refractivity contribution in [2.45, 2.75) is 32.6 Å². The summed E-state index contributed by atoms with van der Waals surface area (Å²) >= 11 is 0. The minimum absolute atomic E-state index is 0.628. The van der Waals surface area contributed by atoms with Gasteiger partial charge in [-0.2, -0.15) is 0 Å². The molecule has 1 heterocycles. The van der Waals surface area contributed by atoms with E-state index < -0.39 is 0 Å². The van der Waals surface area contributed by atoms with E-state index in [0.717, 1.165) is 25.6 Å². The number of piperidine rings is 1. The highest BCUT2D eigenvalue weighted by atomic mass is 16.5. The lowest BCUT2D eigenvalue weighted by molar-refractivity contribution is 0.0747. The van der Waals surface area contributed by atoms with Crippen LogP contribution < -0.4 is 5.32 Å². The summed E-state index contributed by atoms with van der Waals surface area (Å²) in [6, 6.07) is 11.0. The van der Waals surface area contributed by atoms with Gasteiger partial charge in [-0.3, -0.25) is 4.99 Å². The van der Waals surface area contributed by atoms with Gasteiger partial charge in [-0.15, -0.1) is 0 Å². The highest BCUT2D eigenvalue weighted by Crippen LogP contribution is 2.34. The quantitative estimate of drug-likeness (QED) is 0.417. The Morgan fingerprint density at radius 1 is 1.19 bits per heavy atom. The van der Waals surface area contributed by atoms with Crippen LogP contribution in [0.15, 0.2) is 35.3 Å². The Bertz CT molecular complexity index is 521. The van der Waals surface area contributed by atoms with E-state index >= 15 is 0 Å². The number of hydrogen-bond donors (Lipinski definition) is 1. The number of guanidine groups is 1. The van der Waals surface area contributed by atoms with Crippen molar-refractivity contribution in [3.63, 3.8) is 0 Å².